The largest absolute Gasteiger partial charge is 0.372 e. The number of rotatable bonds is 3. The van der Waals surface area contributed by atoms with Gasteiger partial charge in [0.1, 0.15) is 5.82 Å². The third-order valence-electron chi connectivity index (χ3n) is 4.00. The van der Waals surface area contributed by atoms with Crippen LogP contribution in [0.25, 0.3) is 0 Å². The van der Waals surface area contributed by atoms with Crippen LogP contribution in [0, 0.1) is 5.92 Å². The zero-order chi connectivity index (χ0) is 16.4. The Labute approximate surface area is 135 Å². The number of carbonyl (C=O) groups is 2. The predicted molar refractivity (Wildman–Crippen MR) is 84.8 cm³/mol. The van der Waals surface area contributed by atoms with Gasteiger partial charge >= 0.3 is 0 Å². The van der Waals surface area contributed by atoms with E-state index in [1.807, 2.05) is 19.9 Å². The van der Waals surface area contributed by atoms with Gasteiger partial charge in [-0.3, -0.25) is 20.4 Å². The van der Waals surface area contributed by atoms with Crippen molar-refractivity contribution in [3.63, 3.8) is 0 Å². The van der Waals surface area contributed by atoms with Crippen molar-refractivity contribution in [2.45, 2.75) is 38.9 Å². The Kier molecular flexibility index (Phi) is 4.47. The third kappa shape index (κ3) is 3.98. The van der Waals surface area contributed by atoms with E-state index in [-0.39, 0.29) is 29.9 Å². The van der Waals surface area contributed by atoms with Gasteiger partial charge in [-0.15, -0.1) is 0 Å². The summed E-state index contributed by atoms with van der Waals surface area (Å²) < 4.78 is 5.70. The van der Waals surface area contributed by atoms with Gasteiger partial charge in [0.05, 0.1) is 17.8 Å². The first-order chi connectivity index (χ1) is 11.0. The molecular weight excluding hydrogens is 296 g/mol. The predicted octanol–water partition coefficient (Wildman–Crippen LogP) is 0.866. The first-order valence-corrected chi connectivity index (χ1v) is 7.99. The van der Waals surface area contributed by atoms with Gasteiger partial charge in [0.15, 0.2) is 0 Å². The van der Waals surface area contributed by atoms with Crippen LogP contribution in [-0.2, 0) is 9.53 Å². The number of ether oxygens (including phenoxy) is 1. The summed E-state index contributed by atoms with van der Waals surface area (Å²) in [6, 6.07) is 3.54. The first kappa shape index (κ1) is 15.7. The zero-order valence-electron chi connectivity index (χ0n) is 13.4. The van der Waals surface area contributed by atoms with Gasteiger partial charge < -0.3 is 9.64 Å². The number of hydrazine groups is 1. The molecule has 1 saturated heterocycles. The van der Waals surface area contributed by atoms with Gasteiger partial charge in [-0.05, 0) is 38.8 Å². The van der Waals surface area contributed by atoms with Crippen molar-refractivity contribution in [2.24, 2.45) is 5.92 Å². The van der Waals surface area contributed by atoms with E-state index in [0.717, 1.165) is 31.7 Å². The summed E-state index contributed by atoms with van der Waals surface area (Å²) in [5.74, 6) is 0.396. The Balaban J connectivity index is 1.57. The lowest BCUT2D eigenvalue weighted by Gasteiger charge is -2.36. The van der Waals surface area contributed by atoms with E-state index in [0.29, 0.717) is 5.56 Å². The maximum atomic E-state index is 12.0. The van der Waals surface area contributed by atoms with Crippen LogP contribution in [0.1, 0.15) is 37.0 Å². The van der Waals surface area contributed by atoms with Gasteiger partial charge in [0.25, 0.3) is 5.91 Å². The van der Waals surface area contributed by atoms with Crippen LogP contribution in [0.3, 0.4) is 0 Å². The second-order valence-electron chi connectivity index (χ2n) is 6.29. The fourth-order valence-corrected chi connectivity index (χ4v) is 2.71. The number of nitrogens with one attached hydrogen (secondary N) is 2. The molecule has 0 unspecified atom stereocenters. The van der Waals surface area contributed by atoms with Crippen molar-refractivity contribution in [3.8, 4) is 0 Å². The lowest BCUT2D eigenvalue weighted by molar-refractivity contribution is -0.123. The molecule has 3 rings (SSSR count). The van der Waals surface area contributed by atoms with E-state index in [4.69, 9.17) is 4.74 Å². The molecule has 0 spiro atoms. The Hall–Kier alpha value is -2.15. The van der Waals surface area contributed by atoms with E-state index in [9.17, 15) is 9.59 Å². The highest BCUT2D eigenvalue weighted by atomic mass is 16.5. The van der Waals surface area contributed by atoms with Crippen molar-refractivity contribution >= 4 is 17.6 Å². The van der Waals surface area contributed by atoms with Crippen LogP contribution in [0.5, 0.6) is 0 Å². The summed E-state index contributed by atoms with van der Waals surface area (Å²) in [4.78, 5) is 30.0. The van der Waals surface area contributed by atoms with Crippen molar-refractivity contribution in [3.05, 3.63) is 23.9 Å². The van der Waals surface area contributed by atoms with E-state index in [1.54, 1.807) is 6.07 Å². The minimum Gasteiger partial charge on any atom is -0.372 e. The van der Waals surface area contributed by atoms with Gasteiger partial charge in [-0.2, -0.15) is 0 Å². The Bertz CT molecular complexity index is 575. The molecule has 1 aromatic rings. The fraction of sp³-hybridized carbons (Fsp3) is 0.562. The number of anilines is 1. The lowest BCUT2D eigenvalue weighted by atomic mass is 10.2. The monoisotopic (exact) mass is 318 g/mol. The molecule has 0 bridgehead atoms. The summed E-state index contributed by atoms with van der Waals surface area (Å²) in [6.45, 7) is 5.63. The molecule has 1 aliphatic carbocycles. The second-order valence-corrected chi connectivity index (χ2v) is 6.29. The number of hydrogen-bond donors (Lipinski definition) is 2. The summed E-state index contributed by atoms with van der Waals surface area (Å²) in [5.41, 5.74) is 5.28. The zero-order valence-corrected chi connectivity index (χ0v) is 13.4. The number of pyridine rings is 1. The maximum absolute atomic E-state index is 12.0. The average molecular weight is 318 g/mol. The topological polar surface area (TPSA) is 83.6 Å². The molecule has 2 fully saturated rings. The molecular formula is C16H22N4O3. The number of aromatic nitrogens is 1. The Morgan fingerprint density at radius 2 is 1.87 bits per heavy atom. The molecule has 124 valence electrons. The third-order valence-corrected chi connectivity index (χ3v) is 4.00. The summed E-state index contributed by atoms with van der Waals surface area (Å²) in [6.07, 6.45) is 3.63. The highest BCUT2D eigenvalue weighted by Crippen LogP contribution is 2.28. The Morgan fingerprint density at radius 3 is 2.43 bits per heavy atom. The van der Waals surface area contributed by atoms with Gasteiger partial charge in [-0.1, -0.05) is 0 Å². The number of amides is 2. The summed E-state index contributed by atoms with van der Waals surface area (Å²) >= 11 is 0. The van der Waals surface area contributed by atoms with Crippen molar-refractivity contribution in [1.29, 1.82) is 0 Å². The van der Waals surface area contributed by atoms with E-state index in [2.05, 4.69) is 20.7 Å². The molecule has 1 saturated carbocycles. The molecule has 23 heavy (non-hydrogen) atoms. The molecule has 2 amide bonds. The number of hydrogen-bond acceptors (Lipinski definition) is 5. The minimum absolute atomic E-state index is 0.0566. The lowest BCUT2D eigenvalue weighted by Crippen LogP contribution is -2.46. The molecule has 7 nitrogen and oxygen atoms in total. The van der Waals surface area contributed by atoms with E-state index >= 15 is 0 Å². The number of carbonyl (C=O) groups excluding carboxylic acids is 2. The molecule has 1 aromatic heterocycles. The molecule has 2 atom stereocenters. The molecule has 2 N–H and O–H groups in total. The van der Waals surface area contributed by atoms with Gasteiger partial charge in [0.2, 0.25) is 5.91 Å². The van der Waals surface area contributed by atoms with Crippen LogP contribution in [0.15, 0.2) is 18.3 Å². The van der Waals surface area contributed by atoms with Crippen LogP contribution in [0.4, 0.5) is 5.82 Å². The maximum Gasteiger partial charge on any atom is 0.271 e. The van der Waals surface area contributed by atoms with Crippen LogP contribution in [0.2, 0.25) is 0 Å². The summed E-state index contributed by atoms with van der Waals surface area (Å²) in [5, 5.41) is 0. The number of nitrogens with zero attached hydrogens (tertiary/aromatic N) is 2. The molecule has 0 aromatic carbocycles. The molecule has 7 heteroatoms. The van der Waals surface area contributed by atoms with Gasteiger partial charge in [0, 0.05) is 25.2 Å². The number of morpholine rings is 1. The molecule has 2 heterocycles. The van der Waals surface area contributed by atoms with Crippen molar-refractivity contribution < 1.29 is 14.3 Å². The SMILES string of the molecule is C[C@H]1CN(c2ccc(C(=O)NNC(=O)C3CC3)cn2)C[C@H](C)O1. The summed E-state index contributed by atoms with van der Waals surface area (Å²) in [7, 11) is 0. The standard InChI is InChI=1S/C16H22N4O3/c1-10-8-20(9-11(2)23-10)14-6-5-13(7-17-14)16(22)19-18-15(21)12-3-4-12/h5-7,10-12H,3-4,8-9H2,1-2H3,(H,18,21)(H,19,22)/t10-,11-/m0/s1. The molecule has 2 aliphatic rings. The molecule has 0 radical (unpaired) electrons. The van der Waals surface area contributed by atoms with Crippen LogP contribution >= 0.6 is 0 Å². The average Bonchev–Trinajstić information content (AvgIpc) is 3.36. The first-order valence-electron chi connectivity index (χ1n) is 7.99. The Morgan fingerprint density at radius 1 is 1.17 bits per heavy atom. The van der Waals surface area contributed by atoms with Crippen molar-refractivity contribution in [2.75, 3.05) is 18.0 Å². The van der Waals surface area contributed by atoms with Crippen LogP contribution in [-0.4, -0.2) is 42.1 Å². The van der Waals surface area contributed by atoms with E-state index < -0.39 is 0 Å². The smallest absolute Gasteiger partial charge is 0.271 e. The fourth-order valence-electron chi connectivity index (χ4n) is 2.71. The highest BCUT2D eigenvalue weighted by Gasteiger charge is 2.29. The van der Waals surface area contributed by atoms with Gasteiger partial charge in [-0.25, -0.2) is 4.98 Å². The highest BCUT2D eigenvalue weighted by molar-refractivity contribution is 5.95. The normalized spacial score (nSPS) is 24.2. The molecule has 1 aliphatic heterocycles. The second kappa shape index (κ2) is 6.54. The van der Waals surface area contributed by atoms with Crippen molar-refractivity contribution in [1.82, 2.24) is 15.8 Å². The van der Waals surface area contributed by atoms with E-state index in [1.165, 1.54) is 6.20 Å². The minimum atomic E-state index is -0.359. The van der Waals surface area contributed by atoms with Crippen LogP contribution < -0.4 is 15.8 Å². The quantitative estimate of drug-likeness (QED) is 0.808.